The van der Waals surface area contributed by atoms with Gasteiger partial charge < -0.3 is 10.2 Å². The minimum absolute atomic E-state index is 0.255. The molecule has 2 aromatic rings. The topological polar surface area (TPSA) is 65.2 Å². The van der Waals surface area contributed by atoms with Gasteiger partial charge in [-0.3, -0.25) is 9.98 Å². The molecule has 0 unspecified atom stereocenters. The molecule has 0 heterocycles. The van der Waals surface area contributed by atoms with Crippen LogP contribution in [0.2, 0.25) is 0 Å². The molecule has 0 aliphatic carbocycles. The highest BCUT2D eigenvalue weighted by atomic mass is 16.3. The van der Waals surface area contributed by atoms with Gasteiger partial charge in [0.2, 0.25) is 0 Å². The Morgan fingerprint density at radius 3 is 1.59 bits per heavy atom. The molecular formula is C18H20N2O2. The van der Waals surface area contributed by atoms with E-state index in [9.17, 15) is 10.2 Å². The van der Waals surface area contributed by atoms with Gasteiger partial charge in [0.15, 0.2) is 0 Å². The normalized spacial score (nSPS) is 11.5. The van der Waals surface area contributed by atoms with Crippen molar-refractivity contribution in [2.75, 3.05) is 13.1 Å². The highest BCUT2D eigenvalue weighted by molar-refractivity contribution is 5.80. The van der Waals surface area contributed by atoms with Gasteiger partial charge in [-0.05, 0) is 48.2 Å². The number of phenols is 2. The van der Waals surface area contributed by atoms with E-state index in [-0.39, 0.29) is 11.5 Å². The maximum atomic E-state index is 9.33. The number of phenolic OH excluding ortho intramolecular Hbond substituents is 2. The molecule has 22 heavy (non-hydrogen) atoms. The molecule has 2 rings (SSSR count). The lowest BCUT2D eigenvalue weighted by molar-refractivity contribution is 0.474. The van der Waals surface area contributed by atoms with Crippen LogP contribution in [0.5, 0.6) is 11.5 Å². The van der Waals surface area contributed by atoms with Crippen molar-refractivity contribution in [3.8, 4) is 11.5 Å². The van der Waals surface area contributed by atoms with Gasteiger partial charge in [-0.1, -0.05) is 24.3 Å². The Labute approximate surface area is 130 Å². The first-order valence-electron chi connectivity index (χ1n) is 7.32. The van der Waals surface area contributed by atoms with Crippen molar-refractivity contribution < 1.29 is 10.2 Å². The number of rotatable bonds is 7. The lowest BCUT2D eigenvalue weighted by atomic mass is 10.2. The Balaban J connectivity index is 1.63. The summed E-state index contributed by atoms with van der Waals surface area (Å²) in [6.45, 7) is 1.49. The Morgan fingerprint density at radius 1 is 0.727 bits per heavy atom. The van der Waals surface area contributed by atoms with Gasteiger partial charge in [0, 0.05) is 25.5 Å². The third kappa shape index (κ3) is 5.79. The predicted octanol–water partition coefficient (Wildman–Crippen LogP) is 3.42. The number of nitrogens with zero attached hydrogens (tertiary/aromatic N) is 2. The Kier molecular flexibility index (Phi) is 6.18. The molecule has 4 heteroatoms. The lowest BCUT2D eigenvalue weighted by Crippen LogP contribution is -1.89. The fourth-order valence-electron chi connectivity index (χ4n) is 1.96. The van der Waals surface area contributed by atoms with Crippen LogP contribution in [0.15, 0.2) is 58.5 Å². The summed E-state index contributed by atoms with van der Waals surface area (Å²) in [4.78, 5) is 8.66. The van der Waals surface area contributed by atoms with Crippen LogP contribution in [0.4, 0.5) is 0 Å². The van der Waals surface area contributed by atoms with Crippen LogP contribution in [0.1, 0.15) is 24.0 Å². The first-order chi connectivity index (χ1) is 10.7. The fourth-order valence-corrected chi connectivity index (χ4v) is 1.96. The summed E-state index contributed by atoms with van der Waals surface area (Å²) in [7, 11) is 0. The number of hydrogen-bond acceptors (Lipinski definition) is 4. The molecule has 0 aliphatic heterocycles. The van der Waals surface area contributed by atoms with Crippen molar-refractivity contribution >= 4 is 12.4 Å². The van der Waals surface area contributed by atoms with Crippen molar-refractivity contribution in [2.24, 2.45) is 9.98 Å². The SMILES string of the molecule is Oc1cccc(C=NCCCCN=Cc2cccc(O)c2)c1. The van der Waals surface area contributed by atoms with Crippen LogP contribution in [-0.4, -0.2) is 35.7 Å². The highest BCUT2D eigenvalue weighted by Crippen LogP contribution is 2.09. The molecule has 0 saturated carbocycles. The van der Waals surface area contributed by atoms with Gasteiger partial charge >= 0.3 is 0 Å². The summed E-state index contributed by atoms with van der Waals surface area (Å²) >= 11 is 0. The van der Waals surface area contributed by atoms with Gasteiger partial charge in [-0.25, -0.2) is 0 Å². The average molecular weight is 296 g/mol. The van der Waals surface area contributed by atoms with Crippen molar-refractivity contribution in [3.63, 3.8) is 0 Å². The number of hydrogen-bond donors (Lipinski definition) is 2. The second-order valence-corrected chi connectivity index (χ2v) is 4.97. The van der Waals surface area contributed by atoms with Crippen LogP contribution >= 0.6 is 0 Å². The minimum Gasteiger partial charge on any atom is -0.508 e. The molecule has 0 spiro atoms. The van der Waals surface area contributed by atoms with Gasteiger partial charge in [0.25, 0.3) is 0 Å². The van der Waals surface area contributed by atoms with Crippen molar-refractivity contribution in [3.05, 3.63) is 59.7 Å². The minimum atomic E-state index is 0.255. The van der Waals surface area contributed by atoms with E-state index < -0.39 is 0 Å². The van der Waals surface area contributed by atoms with Gasteiger partial charge in [-0.15, -0.1) is 0 Å². The summed E-state index contributed by atoms with van der Waals surface area (Å²) < 4.78 is 0. The molecule has 0 aromatic heterocycles. The molecule has 0 radical (unpaired) electrons. The zero-order valence-corrected chi connectivity index (χ0v) is 12.4. The van der Waals surface area contributed by atoms with E-state index in [0.717, 1.165) is 37.1 Å². The zero-order chi connectivity index (χ0) is 15.6. The summed E-state index contributed by atoms with van der Waals surface area (Å²) in [5, 5.41) is 18.7. The molecule has 0 amide bonds. The molecule has 4 nitrogen and oxygen atoms in total. The van der Waals surface area contributed by atoms with Crippen LogP contribution in [0.25, 0.3) is 0 Å². The molecule has 0 bridgehead atoms. The van der Waals surface area contributed by atoms with Crippen molar-refractivity contribution in [1.82, 2.24) is 0 Å². The van der Waals surface area contributed by atoms with Crippen molar-refractivity contribution in [1.29, 1.82) is 0 Å². The standard InChI is InChI=1S/C18H20N2O2/c21-17-7-3-5-15(11-17)13-19-9-1-2-10-20-14-16-6-4-8-18(22)12-16/h3-8,11-14,21-22H,1-2,9-10H2. The zero-order valence-electron chi connectivity index (χ0n) is 12.4. The average Bonchev–Trinajstić information content (AvgIpc) is 2.50. The van der Waals surface area contributed by atoms with Crippen molar-refractivity contribution in [2.45, 2.75) is 12.8 Å². The molecule has 0 saturated heterocycles. The summed E-state index contributed by atoms with van der Waals surface area (Å²) in [6.07, 6.45) is 5.48. The monoisotopic (exact) mass is 296 g/mol. The smallest absolute Gasteiger partial charge is 0.116 e. The van der Waals surface area contributed by atoms with Gasteiger partial charge in [0.1, 0.15) is 11.5 Å². The number of aliphatic imine (C=N–C) groups is 2. The third-order valence-electron chi connectivity index (χ3n) is 3.05. The van der Waals surface area contributed by atoms with Crippen LogP contribution < -0.4 is 0 Å². The quantitative estimate of drug-likeness (QED) is 0.607. The second-order valence-electron chi connectivity index (χ2n) is 4.97. The molecule has 2 N–H and O–H groups in total. The second kappa shape index (κ2) is 8.62. The molecule has 114 valence electrons. The summed E-state index contributed by atoms with van der Waals surface area (Å²) in [5.41, 5.74) is 1.81. The maximum absolute atomic E-state index is 9.33. The van der Waals surface area contributed by atoms with E-state index in [4.69, 9.17) is 0 Å². The van der Waals surface area contributed by atoms with Crippen LogP contribution in [0, 0.1) is 0 Å². The van der Waals surface area contributed by atoms with Crippen LogP contribution in [-0.2, 0) is 0 Å². The van der Waals surface area contributed by atoms with Gasteiger partial charge in [0.05, 0.1) is 0 Å². The number of unbranched alkanes of at least 4 members (excludes halogenated alkanes) is 1. The maximum Gasteiger partial charge on any atom is 0.116 e. The van der Waals surface area contributed by atoms with E-state index >= 15 is 0 Å². The van der Waals surface area contributed by atoms with E-state index in [0.29, 0.717) is 0 Å². The largest absolute Gasteiger partial charge is 0.508 e. The van der Waals surface area contributed by atoms with Gasteiger partial charge in [-0.2, -0.15) is 0 Å². The Hall–Kier alpha value is -2.62. The molecular weight excluding hydrogens is 276 g/mol. The molecule has 0 atom stereocenters. The highest BCUT2D eigenvalue weighted by Gasteiger charge is 1.91. The van der Waals surface area contributed by atoms with E-state index in [1.807, 2.05) is 12.1 Å². The summed E-state index contributed by atoms with van der Waals surface area (Å²) in [6, 6.07) is 14.1. The van der Waals surface area contributed by atoms with E-state index in [1.54, 1.807) is 48.8 Å². The molecule has 0 fully saturated rings. The first-order valence-corrected chi connectivity index (χ1v) is 7.32. The molecule has 2 aromatic carbocycles. The van der Waals surface area contributed by atoms with Crippen LogP contribution in [0.3, 0.4) is 0 Å². The summed E-state index contributed by atoms with van der Waals surface area (Å²) in [5.74, 6) is 0.510. The third-order valence-corrected chi connectivity index (χ3v) is 3.05. The Morgan fingerprint density at radius 2 is 1.18 bits per heavy atom. The number of benzene rings is 2. The predicted molar refractivity (Wildman–Crippen MR) is 90.4 cm³/mol. The van der Waals surface area contributed by atoms with E-state index in [2.05, 4.69) is 9.98 Å². The van der Waals surface area contributed by atoms with E-state index in [1.165, 1.54) is 0 Å². The first kappa shape index (κ1) is 15.8. The molecule has 0 aliphatic rings. The number of aromatic hydroxyl groups is 2. The fraction of sp³-hybridized carbons (Fsp3) is 0.222. The Bertz CT molecular complexity index is 594. The lowest BCUT2D eigenvalue weighted by Gasteiger charge is -1.96.